The molecule has 168 valence electrons. The van der Waals surface area contributed by atoms with Crippen LogP contribution < -0.4 is 5.43 Å². The van der Waals surface area contributed by atoms with Gasteiger partial charge in [0.05, 0.1) is 12.5 Å². The van der Waals surface area contributed by atoms with Gasteiger partial charge >= 0.3 is 5.97 Å². The number of amides is 2. The topological polar surface area (TPSA) is 92.8 Å². The molecule has 1 heterocycles. The Labute approximate surface area is 195 Å². The molecule has 0 unspecified atom stereocenters. The summed E-state index contributed by atoms with van der Waals surface area (Å²) >= 11 is 11.7. The van der Waals surface area contributed by atoms with E-state index in [1.165, 1.54) is 0 Å². The summed E-state index contributed by atoms with van der Waals surface area (Å²) in [5, 5.41) is 1.59. The third-order valence-electron chi connectivity index (χ3n) is 5.14. The number of esters is 1. The predicted molar refractivity (Wildman–Crippen MR) is 119 cm³/mol. The maximum absolute atomic E-state index is 12.7. The van der Waals surface area contributed by atoms with Crippen LogP contribution in [0.1, 0.15) is 39.1 Å². The lowest BCUT2D eigenvalue weighted by Gasteiger charge is -2.20. The molecule has 0 radical (unpaired) electrons. The first-order valence-corrected chi connectivity index (χ1v) is 10.9. The van der Waals surface area contributed by atoms with Crippen LogP contribution in [-0.4, -0.2) is 47.1 Å². The minimum Gasteiger partial charge on any atom is -0.454 e. The molecule has 7 nitrogen and oxygen atoms in total. The summed E-state index contributed by atoms with van der Waals surface area (Å²) < 4.78 is 5.43. The van der Waals surface area contributed by atoms with Gasteiger partial charge in [-0.05, 0) is 42.8 Å². The van der Waals surface area contributed by atoms with E-state index in [-0.39, 0.29) is 25.3 Å². The Kier molecular flexibility index (Phi) is 7.88. The Morgan fingerprint density at radius 2 is 1.84 bits per heavy atom. The van der Waals surface area contributed by atoms with Crippen LogP contribution in [0.2, 0.25) is 5.02 Å². The SMILES string of the molecule is Cc1ccccc1C(=O)NN1C[C@@H](C(=O)O[C@@H](CCCl)C(=O)c2ccc(Cl)cc2)CC1=O. The van der Waals surface area contributed by atoms with Crippen molar-refractivity contribution in [3.05, 3.63) is 70.2 Å². The van der Waals surface area contributed by atoms with Gasteiger partial charge in [-0.25, -0.2) is 0 Å². The van der Waals surface area contributed by atoms with Crippen LogP contribution in [0.3, 0.4) is 0 Å². The Morgan fingerprint density at radius 1 is 1.16 bits per heavy atom. The molecule has 2 aromatic rings. The van der Waals surface area contributed by atoms with Gasteiger partial charge in [0.15, 0.2) is 6.10 Å². The lowest BCUT2D eigenvalue weighted by atomic mass is 10.0. The fourth-order valence-electron chi connectivity index (χ4n) is 3.36. The van der Waals surface area contributed by atoms with Crippen LogP contribution in [0, 0.1) is 12.8 Å². The number of aryl methyl sites for hydroxylation is 1. The Morgan fingerprint density at radius 3 is 2.50 bits per heavy atom. The summed E-state index contributed by atoms with van der Waals surface area (Å²) in [6.45, 7) is 1.74. The highest BCUT2D eigenvalue weighted by Crippen LogP contribution is 2.21. The molecule has 32 heavy (non-hydrogen) atoms. The van der Waals surface area contributed by atoms with Gasteiger partial charge in [0.2, 0.25) is 11.7 Å². The van der Waals surface area contributed by atoms with E-state index < -0.39 is 35.6 Å². The highest BCUT2D eigenvalue weighted by Gasteiger charge is 2.38. The number of carbonyl (C=O) groups is 4. The van der Waals surface area contributed by atoms with E-state index >= 15 is 0 Å². The summed E-state index contributed by atoms with van der Waals surface area (Å²) in [4.78, 5) is 50.3. The summed E-state index contributed by atoms with van der Waals surface area (Å²) in [6, 6.07) is 13.2. The molecule has 1 N–H and O–H groups in total. The van der Waals surface area contributed by atoms with Gasteiger partial charge in [0, 0.05) is 34.9 Å². The van der Waals surface area contributed by atoms with Crippen molar-refractivity contribution in [1.82, 2.24) is 10.4 Å². The summed E-state index contributed by atoms with van der Waals surface area (Å²) in [5.41, 5.74) is 4.07. The van der Waals surface area contributed by atoms with Crippen LogP contribution >= 0.6 is 23.2 Å². The number of halogens is 2. The normalized spacial score (nSPS) is 16.5. The van der Waals surface area contributed by atoms with Crippen molar-refractivity contribution in [3.8, 4) is 0 Å². The molecule has 1 aliphatic heterocycles. The molecule has 0 bridgehead atoms. The van der Waals surface area contributed by atoms with Crippen LogP contribution in [0.4, 0.5) is 0 Å². The molecule has 2 atom stereocenters. The number of benzene rings is 2. The molecule has 1 saturated heterocycles. The molecule has 0 saturated carbocycles. The molecular weight excluding hydrogens is 455 g/mol. The van der Waals surface area contributed by atoms with Gasteiger partial charge in [-0.3, -0.25) is 29.6 Å². The number of nitrogens with zero attached hydrogens (tertiary/aromatic N) is 1. The van der Waals surface area contributed by atoms with E-state index in [9.17, 15) is 19.2 Å². The zero-order chi connectivity index (χ0) is 23.3. The lowest BCUT2D eigenvalue weighted by Crippen LogP contribution is -2.44. The molecule has 2 aromatic carbocycles. The molecular formula is C23H22Cl2N2O5. The number of ether oxygens (including phenoxy) is 1. The molecule has 2 amide bonds. The molecule has 0 spiro atoms. The number of hydrogen-bond acceptors (Lipinski definition) is 5. The van der Waals surface area contributed by atoms with Crippen molar-refractivity contribution in [2.75, 3.05) is 12.4 Å². The lowest BCUT2D eigenvalue weighted by molar-refractivity contribution is -0.151. The minimum atomic E-state index is -1.08. The maximum Gasteiger partial charge on any atom is 0.312 e. The smallest absolute Gasteiger partial charge is 0.312 e. The number of hydrogen-bond donors (Lipinski definition) is 1. The second kappa shape index (κ2) is 10.6. The highest BCUT2D eigenvalue weighted by molar-refractivity contribution is 6.30. The third-order valence-corrected chi connectivity index (χ3v) is 5.61. The van der Waals surface area contributed by atoms with Crippen LogP contribution in [0.5, 0.6) is 0 Å². The van der Waals surface area contributed by atoms with Gasteiger partial charge in [-0.2, -0.15) is 0 Å². The van der Waals surface area contributed by atoms with Gasteiger partial charge < -0.3 is 4.74 Å². The number of ketones is 1. The predicted octanol–water partition coefficient (Wildman–Crippen LogP) is 3.57. The van der Waals surface area contributed by atoms with Gasteiger partial charge in [0.25, 0.3) is 5.91 Å². The zero-order valence-electron chi connectivity index (χ0n) is 17.3. The monoisotopic (exact) mass is 476 g/mol. The Bertz CT molecular complexity index is 1030. The zero-order valence-corrected chi connectivity index (χ0v) is 18.9. The summed E-state index contributed by atoms with van der Waals surface area (Å²) in [5.74, 6) is -2.64. The Balaban J connectivity index is 1.63. The van der Waals surface area contributed by atoms with E-state index in [4.69, 9.17) is 27.9 Å². The quantitative estimate of drug-likeness (QED) is 0.357. The number of hydrazine groups is 1. The average Bonchev–Trinajstić information content (AvgIpc) is 3.14. The second-order valence-corrected chi connectivity index (χ2v) is 8.25. The van der Waals surface area contributed by atoms with Crippen molar-refractivity contribution >= 4 is 46.8 Å². The van der Waals surface area contributed by atoms with Gasteiger partial charge in [-0.1, -0.05) is 29.8 Å². The molecule has 1 fully saturated rings. The number of nitrogens with one attached hydrogen (secondary N) is 1. The largest absolute Gasteiger partial charge is 0.454 e. The fourth-order valence-corrected chi connectivity index (χ4v) is 3.69. The fraction of sp³-hybridized carbons (Fsp3) is 0.304. The van der Waals surface area contributed by atoms with E-state index in [0.717, 1.165) is 10.6 Å². The minimum absolute atomic E-state index is 0.0436. The molecule has 0 aliphatic carbocycles. The van der Waals surface area contributed by atoms with Gasteiger partial charge in [-0.15, -0.1) is 11.6 Å². The first-order chi connectivity index (χ1) is 15.3. The van der Waals surface area contributed by atoms with E-state index in [1.54, 1.807) is 49.4 Å². The van der Waals surface area contributed by atoms with Crippen LogP contribution in [0.25, 0.3) is 0 Å². The molecule has 9 heteroatoms. The van der Waals surface area contributed by atoms with Crippen molar-refractivity contribution in [1.29, 1.82) is 0 Å². The number of Topliss-reactive ketones (excluding diaryl/α,β-unsaturated/α-hetero) is 1. The van der Waals surface area contributed by atoms with Crippen molar-refractivity contribution in [3.63, 3.8) is 0 Å². The third kappa shape index (κ3) is 5.66. The summed E-state index contributed by atoms with van der Waals surface area (Å²) in [6.07, 6.45) is -1.08. The first kappa shape index (κ1) is 23.8. The van der Waals surface area contributed by atoms with Crippen molar-refractivity contribution in [2.45, 2.75) is 25.9 Å². The van der Waals surface area contributed by atoms with E-state index in [1.807, 2.05) is 6.07 Å². The Hall–Kier alpha value is -2.90. The highest BCUT2D eigenvalue weighted by atomic mass is 35.5. The van der Waals surface area contributed by atoms with Gasteiger partial charge in [0.1, 0.15) is 0 Å². The number of alkyl halides is 1. The maximum atomic E-state index is 12.7. The molecule has 0 aromatic heterocycles. The van der Waals surface area contributed by atoms with Crippen LogP contribution in [0.15, 0.2) is 48.5 Å². The number of carbonyl (C=O) groups excluding carboxylic acids is 4. The number of rotatable bonds is 8. The standard InChI is InChI=1S/C23H22Cl2N2O5/c1-14-4-2-3-5-18(14)22(30)26-27-13-16(12-20(27)28)23(31)32-19(10-11-24)21(29)15-6-8-17(25)9-7-15/h2-9,16,19H,10-13H2,1H3,(H,26,30)/t16-,19-/m0/s1. The van der Waals surface area contributed by atoms with E-state index in [2.05, 4.69) is 5.43 Å². The van der Waals surface area contributed by atoms with Crippen LogP contribution in [-0.2, 0) is 14.3 Å². The van der Waals surface area contributed by atoms with E-state index in [0.29, 0.717) is 16.1 Å². The second-order valence-electron chi connectivity index (χ2n) is 7.44. The van der Waals surface area contributed by atoms with Crippen molar-refractivity contribution < 1.29 is 23.9 Å². The molecule has 1 aliphatic rings. The average molecular weight is 477 g/mol. The molecule has 3 rings (SSSR count). The first-order valence-electron chi connectivity index (χ1n) is 10.0. The van der Waals surface area contributed by atoms with Crippen molar-refractivity contribution in [2.24, 2.45) is 5.92 Å². The summed E-state index contributed by atoms with van der Waals surface area (Å²) in [7, 11) is 0.